The average molecular weight is 327 g/mol. The molecular formula is C21H14FN3. The first kappa shape index (κ1) is 15.1. The van der Waals surface area contributed by atoms with Crippen molar-refractivity contribution in [2.45, 2.75) is 6.54 Å². The lowest BCUT2D eigenvalue weighted by molar-refractivity contribution is 0.628. The van der Waals surface area contributed by atoms with Crippen molar-refractivity contribution in [3.63, 3.8) is 0 Å². The van der Waals surface area contributed by atoms with E-state index in [1.807, 2.05) is 30.3 Å². The molecule has 4 aromatic rings. The predicted octanol–water partition coefficient (Wildman–Crippen LogP) is 4.76. The van der Waals surface area contributed by atoms with Crippen molar-refractivity contribution >= 4 is 11.0 Å². The number of halogens is 1. The van der Waals surface area contributed by atoms with Gasteiger partial charge >= 0.3 is 0 Å². The van der Waals surface area contributed by atoms with E-state index < -0.39 is 0 Å². The first-order chi connectivity index (χ1) is 12.2. The van der Waals surface area contributed by atoms with E-state index in [4.69, 9.17) is 4.98 Å². The molecule has 4 rings (SSSR count). The van der Waals surface area contributed by atoms with Crippen molar-refractivity contribution < 1.29 is 4.39 Å². The maximum absolute atomic E-state index is 13.3. The molecule has 0 fully saturated rings. The summed E-state index contributed by atoms with van der Waals surface area (Å²) in [4.78, 5) is 4.72. The summed E-state index contributed by atoms with van der Waals surface area (Å²) in [6, 6.07) is 24.0. The van der Waals surface area contributed by atoms with E-state index in [9.17, 15) is 9.65 Å². The maximum Gasteiger partial charge on any atom is 0.141 e. The summed E-state index contributed by atoms with van der Waals surface area (Å²) in [5, 5.41) is 9.21. The second-order valence-electron chi connectivity index (χ2n) is 5.83. The Labute approximate surface area is 144 Å². The second-order valence-corrected chi connectivity index (χ2v) is 5.83. The summed E-state index contributed by atoms with van der Waals surface area (Å²) in [6.45, 7) is 0.624. The molecule has 0 spiro atoms. The van der Waals surface area contributed by atoms with Gasteiger partial charge in [-0.2, -0.15) is 5.26 Å². The van der Waals surface area contributed by atoms with Crippen molar-refractivity contribution in [2.24, 2.45) is 0 Å². The van der Waals surface area contributed by atoms with Crippen molar-refractivity contribution in [3.05, 3.63) is 89.7 Å². The zero-order valence-corrected chi connectivity index (χ0v) is 13.4. The van der Waals surface area contributed by atoms with Crippen LogP contribution in [0.4, 0.5) is 4.39 Å². The van der Waals surface area contributed by atoms with Crippen LogP contribution in [0.1, 0.15) is 11.1 Å². The zero-order valence-electron chi connectivity index (χ0n) is 13.4. The summed E-state index contributed by atoms with van der Waals surface area (Å²) in [5.41, 5.74) is 4.27. The molecule has 0 atom stereocenters. The van der Waals surface area contributed by atoms with Gasteiger partial charge in [-0.1, -0.05) is 30.3 Å². The van der Waals surface area contributed by atoms with Crippen molar-refractivity contribution in [3.8, 4) is 17.5 Å². The molecule has 1 aromatic heterocycles. The van der Waals surface area contributed by atoms with Crippen LogP contribution in [0.15, 0.2) is 72.8 Å². The van der Waals surface area contributed by atoms with Crippen LogP contribution >= 0.6 is 0 Å². The fraction of sp³-hybridized carbons (Fsp3) is 0.0476. The van der Waals surface area contributed by atoms with Crippen LogP contribution in [0.25, 0.3) is 22.4 Å². The van der Waals surface area contributed by atoms with Gasteiger partial charge < -0.3 is 4.57 Å². The highest BCUT2D eigenvalue weighted by atomic mass is 19.1. The predicted molar refractivity (Wildman–Crippen MR) is 95.4 cm³/mol. The summed E-state index contributed by atoms with van der Waals surface area (Å²) < 4.78 is 15.4. The Kier molecular flexibility index (Phi) is 3.75. The molecule has 0 radical (unpaired) electrons. The van der Waals surface area contributed by atoms with Gasteiger partial charge in [-0.05, 0) is 48.0 Å². The van der Waals surface area contributed by atoms with Crippen molar-refractivity contribution in [1.82, 2.24) is 9.55 Å². The number of hydrogen-bond donors (Lipinski definition) is 0. The van der Waals surface area contributed by atoms with Gasteiger partial charge in [-0.25, -0.2) is 9.37 Å². The van der Waals surface area contributed by atoms with Crippen LogP contribution in [-0.4, -0.2) is 9.55 Å². The highest BCUT2D eigenvalue weighted by Gasteiger charge is 2.14. The van der Waals surface area contributed by atoms with Gasteiger partial charge in [0.2, 0.25) is 0 Å². The van der Waals surface area contributed by atoms with Crippen LogP contribution < -0.4 is 0 Å². The Morgan fingerprint density at radius 2 is 1.72 bits per heavy atom. The van der Waals surface area contributed by atoms with E-state index in [1.165, 1.54) is 12.1 Å². The highest BCUT2D eigenvalue weighted by molar-refractivity contribution is 5.82. The Morgan fingerprint density at radius 3 is 2.44 bits per heavy atom. The van der Waals surface area contributed by atoms with E-state index in [0.29, 0.717) is 12.1 Å². The number of nitriles is 1. The SMILES string of the molecule is N#Cc1ccc2nc(-c3ccc(F)cc3)n(Cc3ccccc3)c2c1. The minimum atomic E-state index is -0.277. The normalized spacial score (nSPS) is 10.7. The van der Waals surface area contributed by atoms with Crippen LogP contribution in [-0.2, 0) is 6.54 Å². The summed E-state index contributed by atoms with van der Waals surface area (Å²) in [6.07, 6.45) is 0. The quantitative estimate of drug-likeness (QED) is 0.544. The molecule has 0 N–H and O–H groups in total. The number of hydrogen-bond acceptors (Lipinski definition) is 2. The number of imidazole rings is 1. The number of fused-ring (bicyclic) bond motifs is 1. The smallest absolute Gasteiger partial charge is 0.141 e. The first-order valence-corrected chi connectivity index (χ1v) is 7.95. The molecule has 0 amide bonds. The van der Waals surface area contributed by atoms with Crippen molar-refractivity contribution in [2.75, 3.05) is 0 Å². The maximum atomic E-state index is 13.3. The second kappa shape index (κ2) is 6.21. The molecule has 0 saturated carbocycles. The summed E-state index contributed by atoms with van der Waals surface area (Å²) in [5.74, 6) is 0.482. The molecule has 0 aliphatic rings. The molecular weight excluding hydrogens is 313 g/mol. The molecule has 1 heterocycles. The zero-order chi connectivity index (χ0) is 17.2. The van der Waals surface area contributed by atoms with E-state index in [1.54, 1.807) is 18.2 Å². The van der Waals surface area contributed by atoms with E-state index >= 15 is 0 Å². The van der Waals surface area contributed by atoms with Crippen LogP contribution in [0, 0.1) is 17.1 Å². The lowest BCUT2D eigenvalue weighted by atomic mass is 10.2. The van der Waals surface area contributed by atoms with Crippen LogP contribution in [0.5, 0.6) is 0 Å². The Bertz CT molecular complexity index is 1070. The molecule has 0 bridgehead atoms. The van der Waals surface area contributed by atoms with Gasteiger partial charge in [-0.3, -0.25) is 0 Å². The molecule has 120 valence electrons. The highest BCUT2D eigenvalue weighted by Crippen LogP contribution is 2.27. The molecule has 0 saturated heterocycles. The molecule has 0 unspecified atom stereocenters. The summed E-state index contributed by atoms with van der Waals surface area (Å²) in [7, 11) is 0. The topological polar surface area (TPSA) is 41.6 Å². The number of benzene rings is 3. The molecule has 0 aliphatic carbocycles. The van der Waals surface area contributed by atoms with Gasteiger partial charge in [0.15, 0.2) is 0 Å². The first-order valence-electron chi connectivity index (χ1n) is 7.95. The summed E-state index contributed by atoms with van der Waals surface area (Å²) >= 11 is 0. The Hall–Kier alpha value is -3.45. The van der Waals surface area contributed by atoms with Crippen LogP contribution in [0.2, 0.25) is 0 Å². The standard InChI is InChI=1S/C21H14FN3/c22-18-9-7-17(8-10-18)21-24-19-11-6-16(13-23)12-20(19)25(21)14-15-4-2-1-3-5-15/h1-12H,14H2. The lowest BCUT2D eigenvalue weighted by Crippen LogP contribution is -2.02. The third-order valence-electron chi connectivity index (χ3n) is 4.16. The minimum Gasteiger partial charge on any atom is -0.319 e. The lowest BCUT2D eigenvalue weighted by Gasteiger charge is -2.10. The van der Waals surface area contributed by atoms with E-state index in [2.05, 4.69) is 22.8 Å². The van der Waals surface area contributed by atoms with E-state index in [0.717, 1.165) is 28.0 Å². The van der Waals surface area contributed by atoms with Gasteiger partial charge in [0.05, 0.1) is 22.7 Å². The third-order valence-corrected chi connectivity index (χ3v) is 4.16. The average Bonchev–Trinajstić information content (AvgIpc) is 3.01. The molecule has 3 nitrogen and oxygen atoms in total. The largest absolute Gasteiger partial charge is 0.319 e. The minimum absolute atomic E-state index is 0.277. The fourth-order valence-corrected chi connectivity index (χ4v) is 2.94. The number of aromatic nitrogens is 2. The third kappa shape index (κ3) is 2.88. The van der Waals surface area contributed by atoms with Gasteiger partial charge in [0, 0.05) is 12.1 Å². The van der Waals surface area contributed by atoms with Crippen LogP contribution in [0.3, 0.4) is 0 Å². The molecule has 4 heteroatoms. The monoisotopic (exact) mass is 327 g/mol. The van der Waals surface area contributed by atoms with Gasteiger partial charge in [0.1, 0.15) is 11.6 Å². The van der Waals surface area contributed by atoms with Gasteiger partial charge in [0.25, 0.3) is 0 Å². The molecule has 3 aromatic carbocycles. The van der Waals surface area contributed by atoms with Crippen molar-refractivity contribution in [1.29, 1.82) is 5.26 Å². The van der Waals surface area contributed by atoms with E-state index in [-0.39, 0.29) is 5.82 Å². The molecule has 0 aliphatic heterocycles. The Balaban J connectivity index is 1.93. The Morgan fingerprint density at radius 1 is 0.960 bits per heavy atom. The number of nitrogens with zero attached hydrogens (tertiary/aromatic N) is 3. The van der Waals surface area contributed by atoms with Gasteiger partial charge in [-0.15, -0.1) is 0 Å². The fourth-order valence-electron chi connectivity index (χ4n) is 2.94. The number of rotatable bonds is 3. The molecule has 25 heavy (non-hydrogen) atoms.